The Bertz CT molecular complexity index is 792. The molecule has 3 aromatic rings. The van der Waals surface area contributed by atoms with Crippen LogP contribution in [0.1, 0.15) is 11.1 Å². The first kappa shape index (κ1) is 16.8. The number of anilines is 2. The predicted molar refractivity (Wildman–Crippen MR) is 97.0 cm³/mol. The van der Waals surface area contributed by atoms with Gasteiger partial charge in [0.2, 0.25) is 5.95 Å². The number of pyridine rings is 1. The van der Waals surface area contributed by atoms with Gasteiger partial charge < -0.3 is 10.2 Å². The van der Waals surface area contributed by atoms with Crippen LogP contribution in [0.25, 0.3) is 0 Å². The van der Waals surface area contributed by atoms with Crippen molar-refractivity contribution in [1.29, 1.82) is 0 Å². The quantitative estimate of drug-likeness (QED) is 0.717. The minimum Gasteiger partial charge on any atom is -0.359 e. The molecule has 1 aromatic carbocycles. The number of likely N-dealkylation sites (N-methyl/N-ethyl adjacent to an activating group) is 1. The zero-order valence-electron chi connectivity index (χ0n) is 14.1. The van der Waals surface area contributed by atoms with Crippen molar-refractivity contribution in [3.63, 3.8) is 0 Å². The van der Waals surface area contributed by atoms with E-state index in [4.69, 9.17) is 0 Å². The number of hydrogen-bond donors (Lipinski definition) is 1. The molecule has 0 unspecified atom stereocenters. The van der Waals surface area contributed by atoms with Gasteiger partial charge in [-0.3, -0.25) is 4.98 Å². The topological polar surface area (TPSA) is 53.9 Å². The third-order valence-corrected chi connectivity index (χ3v) is 3.88. The van der Waals surface area contributed by atoms with Gasteiger partial charge in [0.15, 0.2) is 0 Å². The SMILES string of the molecule is CN(CCc1ccncc1)c1ccnc(NCc2ccc(F)cc2)n1. The third-order valence-electron chi connectivity index (χ3n) is 3.88. The molecule has 2 heterocycles. The number of nitrogens with one attached hydrogen (secondary N) is 1. The Morgan fingerprint density at radius 3 is 2.48 bits per heavy atom. The molecule has 0 radical (unpaired) electrons. The van der Waals surface area contributed by atoms with E-state index in [0.717, 1.165) is 24.3 Å². The molecular weight excluding hydrogens is 317 g/mol. The Morgan fingerprint density at radius 2 is 1.72 bits per heavy atom. The molecule has 0 spiro atoms. The van der Waals surface area contributed by atoms with Gasteiger partial charge in [0.05, 0.1) is 0 Å². The van der Waals surface area contributed by atoms with Gasteiger partial charge in [-0.2, -0.15) is 4.98 Å². The Hall–Kier alpha value is -3.02. The summed E-state index contributed by atoms with van der Waals surface area (Å²) in [5.41, 5.74) is 2.21. The maximum Gasteiger partial charge on any atom is 0.224 e. The van der Waals surface area contributed by atoms with Crippen molar-refractivity contribution >= 4 is 11.8 Å². The lowest BCUT2D eigenvalue weighted by molar-refractivity contribution is 0.627. The van der Waals surface area contributed by atoms with Crippen molar-refractivity contribution in [3.05, 3.63) is 78.0 Å². The summed E-state index contributed by atoms with van der Waals surface area (Å²) in [5, 5.41) is 3.17. The highest BCUT2D eigenvalue weighted by molar-refractivity contribution is 5.42. The molecule has 0 atom stereocenters. The van der Waals surface area contributed by atoms with Crippen LogP contribution in [-0.2, 0) is 13.0 Å². The minimum absolute atomic E-state index is 0.238. The van der Waals surface area contributed by atoms with E-state index < -0.39 is 0 Å². The number of benzene rings is 1. The number of aromatic nitrogens is 3. The Balaban J connectivity index is 1.57. The lowest BCUT2D eigenvalue weighted by atomic mass is 10.2. The molecule has 0 bridgehead atoms. The summed E-state index contributed by atoms with van der Waals surface area (Å²) in [6.45, 7) is 1.39. The highest BCUT2D eigenvalue weighted by atomic mass is 19.1. The molecule has 0 saturated heterocycles. The van der Waals surface area contributed by atoms with Crippen molar-refractivity contribution < 1.29 is 4.39 Å². The van der Waals surface area contributed by atoms with E-state index in [-0.39, 0.29) is 5.82 Å². The fraction of sp³-hybridized carbons (Fsp3) is 0.211. The van der Waals surface area contributed by atoms with Crippen LogP contribution >= 0.6 is 0 Å². The van der Waals surface area contributed by atoms with Gasteiger partial charge in [-0.1, -0.05) is 12.1 Å². The number of rotatable bonds is 7. The molecule has 0 aliphatic heterocycles. The summed E-state index contributed by atoms with van der Waals surface area (Å²) in [7, 11) is 2.01. The monoisotopic (exact) mass is 337 g/mol. The molecule has 6 heteroatoms. The maximum atomic E-state index is 12.9. The summed E-state index contributed by atoms with van der Waals surface area (Å²) in [6, 6.07) is 12.3. The van der Waals surface area contributed by atoms with Crippen LogP contribution in [-0.4, -0.2) is 28.5 Å². The van der Waals surface area contributed by atoms with Crippen LogP contribution in [0.4, 0.5) is 16.2 Å². The molecule has 25 heavy (non-hydrogen) atoms. The van der Waals surface area contributed by atoms with Gasteiger partial charge in [0.1, 0.15) is 11.6 Å². The zero-order chi connectivity index (χ0) is 17.5. The standard InChI is InChI=1S/C19H20FN5/c1-25(13-9-15-6-10-21-11-7-15)18-8-12-22-19(24-18)23-14-16-2-4-17(20)5-3-16/h2-8,10-12H,9,13-14H2,1H3,(H,22,23,24). The number of hydrogen-bond acceptors (Lipinski definition) is 5. The van der Waals surface area contributed by atoms with Crippen molar-refractivity contribution in [2.24, 2.45) is 0 Å². The molecule has 0 aliphatic rings. The van der Waals surface area contributed by atoms with Crippen LogP contribution in [0.2, 0.25) is 0 Å². The van der Waals surface area contributed by atoms with E-state index >= 15 is 0 Å². The highest BCUT2D eigenvalue weighted by Crippen LogP contribution is 2.12. The minimum atomic E-state index is -0.238. The summed E-state index contributed by atoms with van der Waals surface area (Å²) < 4.78 is 12.9. The fourth-order valence-corrected chi connectivity index (χ4v) is 2.39. The van der Waals surface area contributed by atoms with Crippen molar-refractivity contribution in [2.75, 3.05) is 23.8 Å². The van der Waals surface area contributed by atoms with E-state index in [1.165, 1.54) is 17.7 Å². The largest absolute Gasteiger partial charge is 0.359 e. The molecule has 0 amide bonds. The molecule has 0 aliphatic carbocycles. The number of nitrogens with zero attached hydrogens (tertiary/aromatic N) is 4. The summed E-state index contributed by atoms with van der Waals surface area (Å²) in [6.07, 6.45) is 6.26. The van der Waals surface area contributed by atoms with Gasteiger partial charge in [-0.25, -0.2) is 9.37 Å². The smallest absolute Gasteiger partial charge is 0.224 e. The Kier molecular flexibility index (Phi) is 5.51. The fourth-order valence-electron chi connectivity index (χ4n) is 2.39. The van der Waals surface area contributed by atoms with E-state index in [9.17, 15) is 4.39 Å². The molecule has 2 aromatic heterocycles. The third kappa shape index (κ3) is 4.97. The average Bonchev–Trinajstić information content (AvgIpc) is 2.67. The zero-order valence-corrected chi connectivity index (χ0v) is 14.1. The van der Waals surface area contributed by atoms with E-state index in [1.54, 1.807) is 30.7 Å². The molecule has 1 N–H and O–H groups in total. The van der Waals surface area contributed by atoms with Crippen LogP contribution < -0.4 is 10.2 Å². The second-order valence-electron chi connectivity index (χ2n) is 5.75. The first-order chi connectivity index (χ1) is 12.2. The second-order valence-corrected chi connectivity index (χ2v) is 5.75. The Labute approximate surface area is 146 Å². The van der Waals surface area contributed by atoms with Gasteiger partial charge in [-0.05, 0) is 47.9 Å². The highest BCUT2D eigenvalue weighted by Gasteiger charge is 2.05. The van der Waals surface area contributed by atoms with Gasteiger partial charge >= 0.3 is 0 Å². The summed E-state index contributed by atoms with van der Waals surface area (Å²) in [5.74, 6) is 1.17. The van der Waals surface area contributed by atoms with Crippen molar-refractivity contribution in [1.82, 2.24) is 15.0 Å². The molecular formula is C19H20FN5. The molecule has 0 saturated carbocycles. The maximum absolute atomic E-state index is 12.9. The predicted octanol–water partition coefficient (Wildman–Crippen LogP) is 3.30. The lowest BCUT2D eigenvalue weighted by Crippen LogP contribution is -2.22. The number of halogens is 1. The molecule has 0 fully saturated rings. The van der Waals surface area contributed by atoms with E-state index in [0.29, 0.717) is 12.5 Å². The van der Waals surface area contributed by atoms with Crippen LogP contribution in [0, 0.1) is 5.82 Å². The van der Waals surface area contributed by atoms with Gasteiger partial charge in [0.25, 0.3) is 0 Å². The van der Waals surface area contributed by atoms with Crippen LogP contribution in [0.5, 0.6) is 0 Å². The van der Waals surface area contributed by atoms with Crippen molar-refractivity contribution in [2.45, 2.75) is 13.0 Å². The molecule has 128 valence electrons. The van der Waals surface area contributed by atoms with Crippen LogP contribution in [0.3, 0.4) is 0 Å². The van der Waals surface area contributed by atoms with Crippen molar-refractivity contribution in [3.8, 4) is 0 Å². The summed E-state index contributed by atoms with van der Waals surface area (Å²) >= 11 is 0. The normalized spacial score (nSPS) is 10.5. The van der Waals surface area contributed by atoms with E-state index in [1.807, 2.05) is 25.2 Å². The second kappa shape index (κ2) is 8.19. The summed E-state index contributed by atoms with van der Waals surface area (Å²) in [4.78, 5) is 14.9. The van der Waals surface area contributed by atoms with Gasteiger partial charge in [0, 0.05) is 38.7 Å². The van der Waals surface area contributed by atoms with Gasteiger partial charge in [-0.15, -0.1) is 0 Å². The Morgan fingerprint density at radius 1 is 0.960 bits per heavy atom. The van der Waals surface area contributed by atoms with E-state index in [2.05, 4.69) is 25.2 Å². The average molecular weight is 337 g/mol. The first-order valence-corrected chi connectivity index (χ1v) is 8.12. The first-order valence-electron chi connectivity index (χ1n) is 8.12. The lowest BCUT2D eigenvalue weighted by Gasteiger charge is -2.18. The molecule has 5 nitrogen and oxygen atoms in total. The van der Waals surface area contributed by atoms with Crippen LogP contribution in [0.15, 0.2) is 61.1 Å². The molecule has 3 rings (SSSR count).